The van der Waals surface area contributed by atoms with Crippen LogP contribution in [0, 0.1) is 0 Å². The Labute approximate surface area is 116 Å². The SMILES string of the molecule is COC(=O)C[C@@H](Cc1cccc2ccccc12)N=[N+]=[N-]. The first kappa shape index (κ1) is 13.9. The molecular formula is C15H15N3O2. The first-order valence-corrected chi connectivity index (χ1v) is 6.32. The number of carbonyl (C=O) groups excluding carboxylic acids is 1. The number of benzene rings is 2. The molecule has 0 spiro atoms. The minimum Gasteiger partial charge on any atom is -0.469 e. The Balaban J connectivity index is 2.28. The summed E-state index contributed by atoms with van der Waals surface area (Å²) in [4.78, 5) is 14.2. The third-order valence-electron chi connectivity index (χ3n) is 3.18. The van der Waals surface area contributed by atoms with Crippen molar-refractivity contribution in [2.24, 2.45) is 5.11 Å². The average molecular weight is 269 g/mol. The molecule has 0 heterocycles. The number of hydrogen-bond donors (Lipinski definition) is 0. The van der Waals surface area contributed by atoms with Crippen molar-refractivity contribution in [3.05, 3.63) is 58.5 Å². The van der Waals surface area contributed by atoms with E-state index in [4.69, 9.17) is 5.53 Å². The molecule has 0 N–H and O–H groups in total. The van der Waals surface area contributed by atoms with E-state index >= 15 is 0 Å². The number of carbonyl (C=O) groups is 1. The van der Waals surface area contributed by atoms with Crippen molar-refractivity contribution in [2.75, 3.05) is 7.11 Å². The van der Waals surface area contributed by atoms with Crippen LogP contribution in [0.4, 0.5) is 0 Å². The number of rotatable bonds is 5. The summed E-state index contributed by atoms with van der Waals surface area (Å²) in [5, 5.41) is 5.93. The first-order chi connectivity index (χ1) is 9.74. The molecule has 0 bridgehead atoms. The standard InChI is InChI=1S/C15H15N3O2/c1-20-15(19)10-13(17-18-16)9-12-7-4-6-11-5-2-3-8-14(11)12/h2-8,13H,9-10H2,1H3/t13-/m1/s1. The summed E-state index contributed by atoms with van der Waals surface area (Å²) in [5.41, 5.74) is 9.68. The van der Waals surface area contributed by atoms with Crippen molar-refractivity contribution in [3.63, 3.8) is 0 Å². The lowest BCUT2D eigenvalue weighted by Gasteiger charge is -2.12. The Hall–Kier alpha value is -2.52. The summed E-state index contributed by atoms with van der Waals surface area (Å²) in [6.45, 7) is 0. The van der Waals surface area contributed by atoms with E-state index in [-0.39, 0.29) is 12.4 Å². The molecule has 0 aliphatic heterocycles. The van der Waals surface area contributed by atoms with Crippen LogP contribution in [0.1, 0.15) is 12.0 Å². The highest BCUT2D eigenvalue weighted by Gasteiger charge is 2.14. The molecule has 1 atom stereocenters. The van der Waals surface area contributed by atoms with Crippen LogP contribution < -0.4 is 0 Å². The fraction of sp³-hybridized carbons (Fsp3) is 0.267. The third-order valence-corrected chi connectivity index (χ3v) is 3.18. The number of nitrogens with zero attached hydrogens (tertiary/aromatic N) is 3. The zero-order valence-electron chi connectivity index (χ0n) is 11.2. The van der Waals surface area contributed by atoms with E-state index in [0.717, 1.165) is 16.3 Å². The van der Waals surface area contributed by atoms with Crippen molar-refractivity contribution in [2.45, 2.75) is 18.9 Å². The molecule has 5 heteroatoms. The van der Waals surface area contributed by atoms with Crippen LogP contribution in [-0.4, -0.2) is 19.1 Å². The Morgan fingerprint density at radius 3 is 2.80 bits per heavy atom. The van der Waals surface area contributed by atoms with Gasteiger partial charge in [-0.15, -0.1) is 0 Å². The van der Waals surface area contributed by atoms with E-state index in [1.807, 2.05) is 42.5 Å². The molecule has 0 aromatic heterocycles. The Morgan fingerprint density at radius 2 is 2.05 bits per heavy atom. The average Bonchev–Trinajstić information content (AvgIpc) is 2.47. The van der Waals surface area contributed by atoms with E-state index < -0.39 is 6.04 Å². The van der Waals surface area contributed by atoms with Gasteiger partial charge in [-0.1, -0.05) is 47.6 Å². The van der Waals surface area contributed by atoms with Gasteiger partial charge in [-0.3, -0.25) is 4.79 Å². The van der Waals surface area contributed by atoms with Gasteiger partial charge in [0.15, 0.2) is 0 Å². The zero-order chi connectivity index (χ0) is 14.4. The number of hydrogen-bond acceptors (Lipinski definition) is 3. The van der Waals surface area contributed by atoms with Gasteiger partial charge in [0.1, 0.15) is 0 Å². The number of ether oxygens (including phenoxy) is 1. The maximum absolute atomic E-state index is 11.3. The minimum absolute atomic E-state index is 0.0871. The van der Waals surface area contributed by atoms with Crippen molar-refractivity contribution in [1.29, 1.82) is 0 Å². The predicted molar refractivity (Wildman–Crippen MR) is 77.2 cm³/mol. The van der Waals surface area contributed by atoms with Crippen molar-refractivity contribution < 1.29 is 9.53 Å². The molecular weight excluding hydrogens is 254 g/mol. The topological polar surface area (TPSA) is 75.1 Å². The van der Waals surface area contributed by atoms with Crippen LogP contribution in [0.25, 0.3) is 21.2 Å². The van der Waals surface area contributed by atoms with Crippen LogP contribution in [0.2, 0.25) is 0 Å². The van der Waals surface area contributed by atoms with Gasteiger partial charge >= 0.3 is 5.97 Å². The fourth-order valence-corrected chi connectivity index (χ4v) is 2.23. The van der Waals surface area contributed by atoms with Crippen LogP contribution in [-0.2, 0) is 16.0 Å². The molecule has 0 fully saturated rings. The molecule has 0 saturated heterocycles. The summed E-state index contributed by atoms with van der Waals surface area (Å²) < 4.78 is 4.63. The zero-order valence-corrected chi connectivity index (χ0v) is 11.2. The lowest BCUT2D eigenvalue weighted by atomic mass is 9.98. The third kappa shape index (κ3) is 3.28. The summed E-state index contributed by atoms with van der Waals surface area (Å²) >= 11 is 0. The molecule has 0 radical (unpaired) electrons. The van der Waals surface area contributed by atoms with Gasteiger partial charge in [0.05, 0.1) is 19.6 Å². The Kier molecular flexibility index (Phi) is 4.58. The van der Waals surface area contributed by atoms with Crippen LogP contribution in [0.15, 0.2) is 47.6 Å². The van der Waals surface area contributed by atoms with Gasteiger partial charge in [-0.25, -0.2) is 0 Å². The number of esters is 1. The lowest BCUT2D eigenvalue weighted by molar-refractivity contribution is -0.140. The second kappa shape index (κ2) is 6.59. The molecule has 0 aliphatic rings. The smallest absolute Gasteiger partial charge is 0.305 e. The summed E-state index contributed by atoms with van der Waals surface area (Å²) in [5.74, 6) is -0.373. The van der Waals surface area contributed by atoms with E-state index in [1.165, 1.54) is 7.11 Å². The maximum atomic E-state index is 11.3. The van der Waals surface area contributed by atoms with E-state index in [2.05, 4.69) is 14.8 Å². The predicted octanol–water partition coefficient (Wildman–Crippen LogP) is 3.62. The second-order valence-electron chi connectivity index (χ2n) is 4.48. The normalized spacial score (nSPS) is 11.7. The molecule has 2 rings (SSSR count). The van der Waals surface area contributed by atoms with E-state index in [1.54, 1.807) is 0 Å². The molecule has 0 amide bonds. The van der Waals surface area contributed by atoms with Gasteiger partial charge in [-0.05, 0) is 28.3 Å². The van der Waals surface area contributed by atoms with Crippen molar-refractivity contribution >= 4 is 16.7 Å². The molecule has 2 aromatic rings. The molecule has 102 valence electrons. The van der Waals surface area contributed by atoms with Crippen molar-refractivity contribution in [3.8, 4) is 0 Å². The molecule has 5 nitrogen and oxygen atoms in total. The highest BCUT2D eigenvalue weighted by molar-refractivity contribution is 5.85. The van der Waals surface area contributed by atoms with Crippen LogP contribution in [0.3, 0.4) is 0 Å². The fourth-order valence-electron chi connectivity index (χ4n) is 2.23. The number of fused-ring (bicyclic) bond motifs is 1. The van der Waals surface area contributed by atoms with E-state index in [9.17, 15) is 4.79 Å². The Bertz CT molecular complexity index is 658. The molecule has 0 saturated carbocycles. The summed E-state index contributed by atoms with van der Waals surface area (Å²) in [6, 6.07) is 13.5. The van der Waals surface area contributed by atoms with Crippen LogP contribution in [0.5, 0.6) is 0 Å². The van der Waals surface area contributed by atoms with Crippen molar-refractivity contribution in [1.82, 2.24) is 0 Å². The van der Waals surface area contributed by atoms with Gasteiger partial charge < -0.3 is 4.74 Å². The highest BCUT2D eigenvalue weighted by atomic mass is 16.5. The van der Waals surface area contributed by atoms with E-state index in [0.29, 0.717) is 6.42 Å². The molecule has 20 heavy (non-hydrogen) atoms. The lowest BCUT2D eigenvalue weighted by Crippen LogP contribution is -2.15. The molecule has 0 aliphatic carbocycles. The first-order valence-electron chi connectivity index (χ1n) is 6.32. The summed E-state index contributed by atoms with van der Waals surface area (Å²) in [6.07, 6.45) is 0.601. The monoisotopic (exact) mass is 269 g/mol. The highest BCUT2D eigenvalue weighted by Crippen LogP contribution is 2.21. The van der Waals surface area contributed by atoms with Gasteiger partial charge in [0.2, 0.25) is 0 Å². The second-order valence-corrected chi connectivity index (χ2v) is 4.48. The quantitative estimate of drug-likeness (QED) is 0.360. The molecule has 2 aromatic carbocycles. The largest absolute Gasteiger partial charge is 0.469 e. The summed E-state index contributed by atoms with van der Waals surface area (Å²) in [7, 11) is 1.33. The maximum Gasteiger partial charge on any atom is 0.305 e. The number of azide groups is 1. The van der Waals surface area contributed by atoms with Gasteiger partial charge in [0, 0.05) is 4.91 Å². The molecule has 0 unspecified atom stereocenters. The van der Waals surface area contributed by atoms with Gasteiger partial charge in [0.25, 0.3) is 0 Å². The van der Waals surface area contributed by atoms with Gasteiger partial charge in [-0.2, -0.15) is 0 Å². The Morgan fingerprint density at radius 1 is 1.30 bits per heavy atom. The number of methoxy groups -OCH3 is 1. The minimum atomic E-state index is -0.432. The van der Waals surface area contributed by atoms with Crippen LogP contribution >= 0.6 is 0 Å².